The number of hydrogen-bond donors (Lipinski definition) is 2. The molecular formula is C13H24N4O. The van der Waals surface area contributed by atoms with Gasteiger partial charge in [0, 0.05) is 19.8 Å². The highest BCUT2D eigenvalue weighted by atomic mass is 16.1. The lowest BCUT2D eigenvalue weighted by atomic mass is 9.84. The Labute approximate surface area is 109 Å². The Kier molecular flexibility index (Phi) is 4.90. The lowest BCUT2D eigenvalue weighted by Gasteiger charge is -2.24. The highest BCUT2D eigenvalue weighted by molar-refractivity contribution is 5.78. The van der Waals surface area contributed by atoms with Gasteiger partial charge in [0.15, 0.2) is 0 Å². The fourth-order valence-electron chi connectivity index (χ4n) is 1.92. The van der Waals surface area contributed by atoms with Crippen LogP contribution in [0.1, 0.15) is 32.9 Å². The van der Waals surface area contributed by atoms with Gasteiger partial charge in [0.05, 0.1) is 18.2 Å². The topological polar surface area (TPSA) is 72.9 Å². The number of hydrogen-bond acceptors (Lipinski definition) is 3. The van der Waals surface area contributed by atoms with E-state index >= 15 is 0 Å². The minimum absolute atomic E-state index is 0.0219. The average Bonchev–Trinajstić information content (AvgIpc) is 2.67. The van der Waals surface area contributed by atoms with E-state index in [0.717, 1.165) is 12.1 Å². The van der Waals surface area contributed by atoms with Crippen LogP contribution in [0.25, 0.3) is 0 Å². The highest BCUT2D eigenvalue weighted by Crippen LogP contribution is 2.24. The van der Waals surface area contributed by atoms with Gasteiger partial charge in [-0.3, -0.25) is 9.48 Å². The summed E-state index contributed by atoms with van der Waals surface area (Å²) in [7, 11) is 1.86. The molecule has 1 amide bonds. The summed E-state index contributed by atoms with van der Waals surface area (Å²) in [6.45, 7) is 7.22. The largest absolute Gasteiger partial charge is 0.350 e. The number of aryl methyl sites for hydroxylation is 1. The van der Waals surface area contributed by atoms with Gasteiger partial charge in [-0.05, 0) is 17.9 Å². The molecule has 0 aliphatic rings. The number of carbonyl (C=O) groups is 1. The molecule has 5 heteroatoms. The van der Waals surface area contributed by atoms with Crippen LogP contribution in [-0.2, 0) is 18.4 Å². The molecule has 0 radical (unpaired) electrons. The molecule has 5 nitrogen and oxygen atoms in total. The van der Waals surface area contributed by atoms with Crippen LogP contribution < -0.4 is 11.1 Å². The second-order valence-corrected chi connectivity index (χ2v) is 5.86. The molecule has 0 saturated carbocycles. The van der Waals surface area contributed by atoms with Gasteiger partial charge < -0.3 is 11.1 Å². The molecule has 0 saturated heterocycles. The van der Waals surface area contributed by atoms with Crippen LogP contribution >= 0.6 is 0 Å². The van der Waals surface area contributed by atoms with E-state index in [0.29, 0.717) is 13.1 Å². The summed E-state index contributed by atoms with van der Waals surface area (Å²) >= 11 is 0. The lowest BCUT2D eigenvalue weighted by molar-refractivity contribution is -0.125. The third kappa shape index (κ3) is 4.49. The van der Waals surface area contributed by atoms with E-state index in [9.17, 15) is 4.79 Å². The van der Waals surface area contributed by atoms with Crippen molar-refractivity contribution in [3.8, 4) is 0 Å². The smallest absolute Gasteiger partial charge is 0.224 e. The Bertz CT molecular complexity index is 392. The molecule has 0 spiro atoms. The lowest BCUT2D eigenvalue weighted by Crippen LogP contribution is -2.37. The molecule has 102 valence electrons. The molecule has 0 aliphatic carbocycles. The van der Waals surface area contributed by atoms with Gasteiger partial charge in [0.25, 0.3) is 0 Å². The molecule has 1 unspecified atom stereocenters. The van der Waals surface area contributed by atoms with E-state index in [1.165, 1.54) is 0 Å². The summed E-state index contributed by atoms with van der Waals surface area (Å²) in [4.78, 5) is 12.0. The van der Waals surface area contributed by atoms with Crippen molar-refractivity contribution in [3.05, 3.63) is 18.0 Å². The molecule has 1 aromatic heterocycles. The van der Waals surface area contributed by atoms with Gasteiger partial charge in [-0.25, -0.2) is 0 Å². The number of aromatic nitrogens is 2. The molecule has 0 bridgehead atoms. The number of rotatable bonds is 5. The zero-order valence-corrected chi connectivity index (χ0v) is 11.7. The van der Waals surface area contributed by atoms with Gasteiger partial charge in [-0.1, -0.05) is 20.8 Å². The molecule has 18 heavy (non-hydrogen) atoms. The minimum Gasteiger partial charge on any atom is -0.350 e. The number of amides is 1. The van der Waals surface area contributed by atoms with Crippen molar-refractivity contribution in [2.24, 2.45) is 24.1 Å². The predicted molar refractivity (Wildman–Crippen MR) is 71.7 cm³/mol. The molecule has 3 N–H and O–H groups in total. The standard InChI is InChI=1S/C13H24N4O/c1-13(2,3)7-10(8-14)12(18)15-9-11-5-6-16-17(11)4/h5-6,10H,7-9,14H2,1-4H3,(H,15,18). The molecule has 0 aliphatic heterocycles. The maximum Gasteiger partial charge on any atom is 0.224 e. The molecule has 1 atom stereocenters. The summed E-state index contributed by atoms with van der Waals surface area (Å²) < 4.78 is 1.75. The van der Waals surface area contributed by atoms with Crippen LogP contribution in [0.3, 0.4) is 0 Å². The van der Waals surface area contributed by atoms with E-state index in [1.807, 2.05) is 13.1 Å². The second-order valence-electron chi connectivity index (χ2n) is 5.86. The predicted octanol–water partition coefficient (Wildman–Crippen LogP) is 1.05. The van der Waals surface area contributed by atoms with E-state index < -0.39 is 0 Å². The number of nitrogens with two attached hydrogens (primary N) is 1. The monoisotopic (exact) mass is 252 g/mol. The second kappa shape index (κ2) is 6.00. The highest BCUT2D eigenvalue weighted by Gasteiger charge is 2.23. The maximum atomic E-state index is 12.0. The SMILES string of the molecule is Cn1nccc1CNC(=O)C(CN)CC(C)(C)C. The van der Waals surface area contributed by atoms with Crippen LogP contribution in [0.4, 0.5) is 0 Å². The Hall–Kier alpha value is -1.36. The van der Waals surface area contributed by atoms with Gasteiger partial charge in [-0.2, -0.15) is 5.10 Å². The third-order valence-electron chi connectivity index (χ3n) is 2.88. The average molecular weight is 252 g/mol. The molecule has 1 rings (SSSR count). The van der Waals surface area contributed by atoms with Crippen LogP contribution in [0.5, 0.6) is 0 Å². The summed E-state index contributed by atoms with van der Waals surface area (Å²) in [5.41, 5.74) is 6.77. The van der Waals surface area contributed by atoms with Crippen molar-refractivity contribution in [3.63, 3.8) is 0 Å². The van der Waals surface area contributed by atoms with E-state index in [4.69, 9.17) is 5.73 Å². The van der Waals surface area contributed by atoms with Crippen LogP contribution in [0, 0.1) is 11.3 Å². The Morgan fingerprint density at radius 2 is 2.22 bits per heavy atom. The van der Waals surface area contributed by atoms with Gasteiger partial charge >= 0.3 is 0 Å². The van der Waals surface area contributed by atoms with Crippen molar-refractivity contribution in [2.45, 2.75) is 33.7 Å². The molecule has 1 heterocycles. The van der Waals surface area contributed by atoms with E-state index in [1.54, 1.807) is 10.9 Å². The fourth-order valence-corrected chi connectivity index (χ4v) is 1.92. The molecule has 0 aromatic carbocycles. The van der Waals surface area contributed by atoms with Crippen molar-refractivity contribution in [1.82, 2.24) is 15.1 Å². The van der Waals surface area contributed by atoms with Gasteiger partial charge in [0.2, 0.25) is 5.91 Å². The number of nitrogens with zero attached hydrogens (tertiary/aromatic N) is 2. The first kappa shape index (κ1) is 14.7. The first-order valence-corrected chi connectivity index (χ1v) is 6.28. The summed E-state index contributed by atoms with van der Waals surface area (Å²) in [5.74, 6) is -0.105. The molecule has 1 aromatic rings. The number of carbonyl (C=O) groups excluding carboxylic acids is 1. The summed E-state index contributed by atoms with van der Waals surface area (Å²) in [6.07, 6.45) is 2.51. The zero-order chi connectivity index (χ0) is 13.8. The van der Waals surface area contributed by atoms with Crippen molar-refractivity contribution < 1.29 is 4.79 Å². The third-order valence-corrected chi connectivity index (χ3v) is 2.88. The fraction of sp³-hybridized carbons (Fsp3) is 0.692. The summed E-state index contributed by atoms with van der Waals surface area (Å²) in [5, 5.41) is 6.98. The Morgan fingerprint density at radius 1 is 1.56 bits per heavy atom. The Morgan fingerprint density at radius 3 is 2.67 bits per heavy atom. The summed E-state index contributed by atoms with van der Waals surface area (Å²) in [6, 6.07) is 1.89. The van der Waals surface area contributed by atoms with Crippen molar-refractivity contribution in [1.29, 1.82) is 0 Å². The Balaban J connectivity index is 2.51. The quantitative estimate of drug-likeness (QED) is 0.822. The van der Waals surface area contributed by atoms with E-state index in [-0.39, 0.29) is 17.2 Å². The van der Waals surface area contributed by atoms with Crippen LogP contribution in [-0.4, -0.2) is 22.2 Å². The van der Waals surface area contributed by atoms with Crippen molar-refractivity contribution >= 4 is 5.91 Å². The van der Waals surface area contributed by atoms with Gasteiger partial charge in [0.1, 0.15) is 0 Å². The zero-order valence-electron chi connectivity index (χ0n) is 11.7. The minimum atomic E-state index is -0.127. The first-order valence-electron chi connectivity index (χ1n) is 6.28. The van der Waals surface area contributed by atoms with Crippen LogP contribution in [0.2, 0.25) is 0 Å². The van der Waals surface area contributed by atoms with Gasteiger partial charge in [-0.15, -0.1) is 0 Å². The number of nitrogens with one attached hydrogen (secondary N) is 1. The van der Waals surface area contributed by atoms with Crippen LogP contribution in [0.15, 0.2) is 12.3 Å². The maximum absolute atomic E-state index is 12.0. The molecule has 0 fully saturated rings. The molecular weight excluding hydrogens is 228 g/mol. The van der Waals surface area contributed by atoms with E-state index in [2.05, 4.69) is 31.2 Å². The van der Waals surface area contributed by atoms with Crippen molar-refractivity contribution in [2.75, 3.05) is 6.54 Å². The normalized spacial score (nSPS) is 13.4. The first-order chi connectivity index (χ1) is 8.33.